The second kappa shape index (κ2) is 6.88. The Morgan fingerprint density at radius 1 is 1.40 bits per heavy atom. The molecular formula is C15H26N4O. The van der Waals surface area contributed by atoms with Crippen LogP contribution in [0.5, 0.6) is 0 Å². The number of hydrogen-bond acceptors (Lipinski definition) is 3. The lowest BCUT2D eigenvalue weighted by molar-refractivity contribution is 0.0694. The number of likely N-dealkylation sites (tertiary alicyclic amines) is 1. The standard InChI is InChI=1S/C15H26N4O/c1-4-8-16-13-6-9-19(10-7-13)15(20)14-11-12(5-2)17-18(14)3/h11,13,16H,4-10H2,1-3H3. The number of nitrogens with one attached hydrogen (secondary N) is 1. The molecule has 0 unspecified atom stereocenters. The van der Waals surface area contributed by atoms with Crippen LogP contribution in [0.1, 0.15) is 49.3 Å². The largest absolute Gasteiger partial charge is 0.337 e. The summed E-state index contributed by atoms with van der Waals surface area (Å²) in [6, 6.07) is 2.49. The van der Waals surface area contributed by atoms with Gasteiger partial charge in [-0.25, -0.2) is 0 Å². The van der Waals surface area contributed by atoms with Gasteiger partial charge >= 0.3 is 0 Å². The van der Waals surface area contributed by atoms with Gasteiger partial charge in [0.15, 0.2) is 0 Å². The Balaban J connectivity index is 1.92. The maximum atomic E-state index is 12.5. The number of aromatic nitrogens is 2. The first kappa shape index (κ1) is 15.0. The number of carbonyl (C=O) groups excluding carboxylic acids is 1. The van der Waals surface area contributed by atoms with Gasteiger partial charge in [0.05, 0.1) is 5.69 Å². The number of amides is 1. The van der Waals surface area contributed by atoms with E-state index in [1.807, 2.05) is 18.0 Å². The fourth-order valence-corrected chi connectivity index (χ4v) is 2.70. The number of hydrogen-bond donors (Lipinski definition) is 1. The smallest absolute Gasteiger partial charge is 0.272 e. The highest BCUT2D eigenvalue weighted by Gasteiger charge is 2.25. The van der Waals surface area contributed by atoms with Crippen molar-refractivity contribution in [1.82, 2.24) is 20.0 Å². The fourth-order valence-electron chi connectivity index (χ4n) is 2.70. The van der Waals surface area contributed by atoms with Crippen LogP contribution in [-0.2, 0) is 13.5 Å². The molecule has 0 saturated carbocycles. The maximum absolute atomic E-state index is 12.5. The number of piperidine rings is 1. The Hall–Kier alpha value is -1.36. The summed E-state index contributed by atoms with van der Waals surface area (Å²) in [7, 11) is 1.85. The maximum Gasteiger partial charge on any atom is 0.272 e. The molecule has 5 nitrogen and oxygen atoms in total. The van der Waals surface area contributed by atoms with Crippen LogP contribution < -0.4 is 5.32 Å². The molecule has 1 fully saturated rings. The second-order valence-corrected chi connectivity index (χ2v) is 5.52. The molecule has 1 aromatic rings. The van der Waals surface area contributed by atoms with E-state index in [0.29, 0.717) is 11.7 Å². The number of nitrogens with zero attached hydrogens (tertiary/aromatic N) is 3. The molecular weight excluding hydrogens is 252 g/mol. The molecule has 1 aliphatic rings. The summed E-state index contributed by atoms with van der Waals surface area (Å²) < 4.78 is 1.71. The Kier molecular flexibility index (Phi) is 5.17. The van der Waals surface area contributed by atoms with Gasteiger partial charge in [0.1, 0.15) is 5.69 Å². The molecule has 0 aliphatic carbocycles. The van der Waals surface area contributed by atoms with Crippen molar-refractivity contribution in [3.8, 4) is 0 Å². The zero-order valence-electron chi connectivity index (χ0n) is 12.9. The summed E-state index contributed by atoms with van der Waals surface area (Å²) in [5.41, 5.74) is 1.69. The van der Waals surface area contributed by atoms with Crippen molar-refractivity contribution in [2.45, 2.75) is 45.6 Å². The molecule has 1 aliphatic heterocycles. The van der Waals surface area contributed by atoms with E-state index in [4.69, 9.17) is 0 Å². The van der Waals surface area contributed by atoms with Crippen LogP contribution in [0.15, 0.2) is 6.07 Å². The zero-order valence-corrected chi connectivity index (χ0v) is 12.9. The normalized spacial score (nSPS) is 16.6. The van der Waals surface area contributed by atoms with Crippen molar-refractivity contribution >= 4 is 5.91 Å². The molecule has 1 saturated heterocycles. The van der Waals surface area contributed by atoms with E-state index in [2.05, 4.69) is 24.3 Å². The Morgan fingerprint density at radius 3 is 2.65 bits per heavy atom. The van der Waals surface area contributed by atoms with Gasteiger partial charge < -0.3 is 10.2 Å². The monoisotopic (exact) mass is 278 g/mol. The van der Waals surface area contributed by atoms with Crippen molar-refractivity contribution in [3.05, 3.63) is 17.5 Å². The predicted molar refractivity (Wildman–Crippen MR) is 79.8 cm³/mol. The highest BCUT2D eigenvalue weighted by atomic mass is 16.2. The van der Waals surface area contributed by atoms with Crippen molar-refractivity contribution in [2.24, 2.45) is 7.05 Å². The minimum absolute atomic E-state index is 0.119. The Bertz CT molecular complexity index is 447. The van der Waals surface area contributed by atoms with Crippen molar-refractivity contribution in [2.75, 3.05) is 19.6 Å². The number of carbonyl (C=O) groups is 1. The van der Waals surface area contributed by atoms with Crippen LogP contribution in [0.3, 0.4) is 0 Å². The number of rotatable bonds is 5. The molecule has 0 bridgehead atoms. The summed E-state index contributed by atoms with van der Waals surface area (Å²) in [5.74, 6) is 0.119. The molecule has 1 amide bonds. The molecule has 0 radical (unpaired) electrons. The molecule has 112 valence electrons. The molecule has 2 rings (SSSR count). The minimum atomic E-state index is 0.119. The second-order valence-electron chi connectivity index (χ2n) is 5.52. The third kappa shape index (κ3) is 3.39. The van der Waals surface area contributed by atoms with E-state index in [9.17, 15) is 4.79 Å². The highest BCUT2D eigenvalue weighted by Crippen LogP contribution is 2.14. The van der Waals surface area contributed by atoms with E-state index in [1.54, 1.807) is 4.68 Å². The summed E-state index contributed by atoms with van der Waals surface area (Å²) in [6.45, 7) is 6.99. The molecule has 2 heterocycles. The fraction of sp³-hybridized carbons (Fsp3) is 0.733. The summed E-state index contributed by atoms with van der Waals surface area (Å²) in [5, 5.41) is 7.90. The van der Waals surface area contributed by atoms with Crippen LogP contribution in [-0.4, -0.2) is 46.3 Å². The summed E-state index contributed by atoms with van der Waals surface area (Å²) >= 11 is 0. The average Bonchev–Trinajstić information content (AvgIpc) is 2.86. The van der Waals surface area contributed by atoms with E-state index >= 15 is 0 Å². The quantitative estimate of drug-likeness (QED) is 0.890. The molecule has 0 spiro atoms. The summed E-state index contributed by atoms with van der Waals surface area (Å²) in [4.78, 5) is 14.5. The molecule has 1 N–H and O–H groups in total. The van der Waals surface area contributed by atoms with Gasteiger partial charge in [-0.05, 0) is 38.3 Å². The Labute approximate surface area is 121 Å². The van der Waals surface area contributed by atoms with Crippen LogP contribution in [0.2, 0.25) is 0 Å². The van der Waals surface area contributed by atoms with Crippen molar-refractivity contribution < 1.29 is 4.79 Å². The first-order valence-electron chi connectivity index (χ1n) is 7.71. The van der Waals surface area contributed by atoms with Crippen LogP contribution >= 0.6 is 0 Å². The van der Waals surface area contributed by atoms with E-state index in [1.165, 1.54) is 0 Å². The van der Waals surface area contributed by atoms with Gasteiger partial charge in [0.2, 0.25) is 0 Å². The average molecular weight is 278 g/mol. The van der Waals surface area contributed by atoms with Crippen LogP contribution in [0.4, 0.5) is 0 Å². The predicted octanol–water partition coefficient (Wildman–Crippen LogP) is 1.59. The highest BCUT2D eigenvalue weighted by molar-refractivity contribution is 5.92. The minimum Gasteiger partial charge on any atom is -0.337 e. The number of aryl methyl sites for hydroxylation is 2. The van der Waals surface area contributed by atoms with Gasteiger partial charge in [-0.15, -0.1) is 0 Å². The van der Waals surface area contributed by atoms with E-state index < -0.39 is 0 Å². The first-order valence-corrected chi connectivity index (χ1v) is 7.71. The van der Waals surface area contributed by atoms with Gasteiger partial charge in [-0.2, -0.15) is 5.10 Å². The van der Waals surface area contributed by atoms with E-state index in [0.717, 1.165) is 51.0 Å². The molecule has 0 atom stereocenters. The summed E-state index contributed by atoms with van der Waals surface area (Å²) in [6.07, 6.45) is 4.12. The lowest BCUT2D eigenvalue weighted by atomic mass is 10.0. The molecule has 0 aromatic carbocycles. The van der Waals surface area contributed by atoms with Crippen LogP contribution in [0, 0.1) is 0 Å². The lowest BCUT2D eigenvalue weighted by Gasteiger charge is -2.32. The SMILES string of the molecule is CCCNC1CCN(C(=O)c2cc(CC)nn2C)CC1. The first-order chi connectivity index (χ1) is 9.65. The molecule has 1 aromatic heterocycles. The molecule has 20 heavy (non-hydrogen) atoms. The van der Waals surface area contributed by atoms with Gasteiger partial charge in [0.25, 0.3) is 5.91 Å². The van der Waals surface area contributed by atoms with Gasteiger partial charge in [-0.1, -0.05) is 13.8 Å². The van der Waals surface area contributed by atoms with Gasteiger partial charge in [0, 0.05) is 26.2 Å². The van der Waals surface area contributed by atoms with Gasteiger partial charge in [-0.3, -0.25) is 9.48 Å². The lowest BCUT2D eigenvalue weighted by Crippen LogP contribution is -2.45. The third-order valence-corrected chi connectivity index (χ3v) is 3.98. The van der Waals surface area contributed by atoms with Crippen molar-refractivity contribution in [3.63, 3.8) is 0 Å². The third-order valence-electron chi connectivity index (χ3n) is 3.98. The topological polar surface area (TPSA) is 50.2 Å². The van der Waals surface area contributed by atoms with E-state index in [-0.39, 0.29) is 5.91 Å². The van der Waals surface area contributed by atoms with Crippen LogP contribution in [0.25, 0.3) is 0 Å². The Morgan fingerprint density at radius 2 is 2.10 bits per heavy atom. The zero-order chi connectivity index (χ0) is 14.5. The van der Waals surface area contributed by atoms with Crippen molar-refractivity contribution in [1.29, 1.82) is 0 Å². The molecule has 5 heteroatoms.